The van der Waals surface area contributed by atoms with Crippen molar-refractivity contribution in [1.82, 2.24) is 9.88 Å². The van der Waals surface area contributed by atoms with Crippen LogP contribution in [0.1, 0.15) is 45.1 Å². The standard InChI is InChI=1S/C29H36N2O4/c1-20(2)22-9-11-24(12-10-22)28(32)30-26(29(33)34)19-21-7-13-25(14-8-21)35-18-17-31-16-15-23-5-3-4-6-27(23)31/h3-8,13-16,20,22,24,26H,9-12,17-19H2,1-2H3,(H,30,32)(H,33,34)/t22-,24-,26-/m1/s1. The molecule has 1 aliphatic carbocycles. The Labute approximate surface area is 207 Å². The third kappa shape index (κ3) is 6.44. The number of para-hydroxylation sites is 1. The molecule has 0 aliphatic heterocycles. The minimum atomic E-state index is -1.01. The topological polar surface area (TPSA) is 80.6 Å². The van der Waals surface area contributed by atoms with Crippen LogP contribution < -0.4 is 10.1 Å². The Morgan fingerprint density at radius 3 is 2.43 bits per heavy atom. The minimum Gasteiger partial charge on any atom is -0.492 e. The number of hydrogen-bond donors (Lipinski definition) is 2. The lowest BCUT2D eigenvalue weighted by Gasteiger charge is -2.30. The number of nitrogens with one attached hydrogen (secondary N) is 1. The molecular weight excluding hydrogens is 440 g/mol. The van der Waals surface area contributed by atoms with E-state index in [1.165, 1.54) is 10.9 Å². The summed E-state index contributed by atoms with van der Waals surface area (Å²) in [7, 11) is 0. The molecule has 0 unspecified atom stereocenters. The molecule has 1 aliphatic rings. The number of carboxylic acid groups (broad SMARTS) is 1. The first-order valence-electron chi connectivity index (χ1n) is 12.7. The summed E-state index contributed by atoms with van der Waals surface area (Å²) >= 11 is 0. The number of aliphatic carboxylic acids is 1. The van der Waals surface area contributed by atoms with E-state index < -0.39 is 12.0 Å². The lowest BCUT2D eigenvalue weighted by Crippen LogP contribution is -2.45. The summed E-state index contributed by atoms with van der Waals surface area (Å²) in [6.45, 7) is 5.73. The first-order chi connectivity index (χ1) is 16.9. The number of aromatic nitrogens is 1. The maximum atomic E-state index is 12.7. The zero-order valence-electron chi connectivity index (χ0n) is 20.7. The maximum absolute atomic E-state index is 12.7. The molecule has 6 nitrogen and oxygen atoms in total. The molecule has 6 heteroatoms. The number of hydrogen-bond acceptors (Lipinski definition) is 3. The van der Waals surface area contributed by atoms with Gasteiger partial charge in [0.2, 0.25) is 5.91 Å². The molecule has 186 valence electrons. The lowest BCUT2D eigenvalue weighted by molar-refractivity contribution is -0.142. The van der Waals surface area contributed by atoms with Gasteiger partial charge in [-0.15, -0.1) is 0 Å². The van der Waals surface area contributed by atoms with E-state index in [-0.39, 0.29) is 18.2 Å². The Morgan fingerprint density at radius 2 is 1.74 bits per heavy atom. The van der Waals surface area contributed by atoms with Gasteiger partial charge in [-0.2, -0.15) is 0 Å². The highest BCUT2D eigenvalue weighted by molar-refractivity contribution is 5.85. The highest BCUT2D eigenvalue weighted by Gasteiger charge is 2.30. The fourth-order valence-electron chi connectivity index (χ4n) is 5.09. The fourth-order valence-corrected chi connectivity index (χ4v) is 5.09. The summed E-state index contributed by atoms with van der Waals surface area (Å²) in [4.78, 5) is 24.6. The van der Waals surface area contributed by atoms with Crippen LogP contribution >= 0.6 is 0 Å². The van der Waals surface area contributed by atoms with Gasteiger partial charge in [0.05, 0.1) is 6.54 Å². The summed E-state index contributed by atoms with van der Waals surface area (Å²) in [5.41, 5.74) is 2.03. The van der Waals surface area contributed by atoms with E-state index in [0.29, 0.717) is 18.4 Å². The Morgan fingerprint density at radius 1 is 1.03 bits per heavy atom. The average Bonchev–Trinajstić information content (AvgIpc) is 3.27. The molecule has 35 heavy (non-hydrogen) atoms. The Bertz CT molecular complexity index is 1130. The SMILES string of the molecule is CC(C)[C@H]1CC[C@H](C(=O)N[C@H](Cc2ccc(OCCn3ccc4ccccc43)cc2)C(=O)O)CC1. The van der Waals surface area contributed by atoms with Gasteiger partial charge < -0.3 is 19.7 Å². The molecule has 1 heterocycles. The van der Waals surface area contributed by atoms with E-state index in [4.69, 9.17) is 4.74 Å². The van der Waals surface area contributed by atoms with Crippen LogP contribution in [0.15, 0.2) is 60.8 Å². The molecule has 2 N–H and O–H groups in total. The molecular formula is C29H36N2O4. The number of benzene rings is 2. The molecule has 1 amide bonds. The molecule has 2 aromatic carbocycles. The Balaban J connectivity index is 1.26. The largest absolute Gasteiger partial charge is 0.492 e. The molecule has 0 bridgehead atoms. The molecule has 1 atom stereocenters. The van der Waals surface area contributed by atoms with Crippen molar-refractivity contribution in [2.45, 2.75) is 58.5 Å². The average molecular weight is 477 g/mol. The number of carboxylic acids is 1. The smallest absolute Gasteiger partial charge is 0.326 e. The van der Waals surface area contributed by atoms with Gasteiger partial charge in [-0.1, -0.05) is 44.2 Å². The van der Waals surface area contributed by atoms with E-state index >= 15 is 0 Å². The van der Waals surface area contributed by atoms with Crippen LogP contribution in [-0.2, 0) is 22.6 Å². The predicted octanol–water partition coefficient (Wildman–Crippen LogP) is 5.29. The van der Waals surface area contributed by atoms with Crippen molar-refractivity contribution in [3.8, 4) is 5.75 Å². The van der Waals surface area contributed by atoms with Crippen LogP contribution in [0.4, 0.5) is 0 Å². The molecule has 0 spiro atoms. The molecule has 0 saturated heterocycles. The second kappa shape index (κ2) is 11.4. The van der Waals surface area contributed by atoms with Crippen LogP contribution in [0, 0.1) is 17.8 Å². The molecule has 0 radical (unpaired) electrons. The summed E-state index contributed by atoms with van der Waals surface area (Å²) in [6, 6.07) is 16.9. The number of fused-ring (bicyclic) bond motifs is 1. The summed E-state index contributed by atoms with van der Waals surface area (Å²) < 4.78 is 8.06. The van der Waals surface area contributed by atoms with Crippen LogP contribution in [0.3, 0.4) is 0 Å². The zero-order valence-corrected chi connectivity index (χ0v) is 20.7. The number of carbonyl (C=O) groups is 2. The number of amides is 1. The van der Waals surface area contributed by atoms with Gasteiger partial charge in [0.15, 0.2) is 0 Å². The van der Waals surface area contributed by atoms with Gasteiger partial charge >= 0.3 is 5.97 Å². The molecule has 3 aromatic rings. The first-order valence-corrected chi connectivity index (χ1v) is 12.7. The van der Waals surface area contributed by atoms with Crippen molar-refractivity contribution >= 4 is 22.8 Å². The van der Waals surface area contributed by atoms with E-state index in [0.717, 1.165) is 43.5 Å². The van der Waals surface area contributed by atoms with Crippen molar-refractivity contribution in [3.05, 3.63) is 66.4 Å². The van der Waals surface area contributed by atoms with Crippen LogP contribution in [0.25, 0.3) is 10.9 Å². The molecule has 1 saturated carbocycles. The van der Waals surface area contributed by atoms with Crippen molar-refractivity contribution in [1.29, 1.82) is 0 Å². The van der Waals surface area contributed by atoms with Gasteiger partial charge in [0.25, 0.3) is 0 Å². The summed E-state index contributed by atoms with van der Waals surface area (Å²) in [5.74, 6) is 0.817. The van der Waals surface area contributed by atoms with Gasteiger partial charge in [0, 0.05) is 24.1 Å². The van der Waals surface area contributed by atoms with Crippen LogP contribution in [0.5, 0.6) is 5.75 Å². The van der Waals surface area contributed by atoms with Crippen molar-refractivity contribution < 1.29 is 19.4 Å². The van der Waals surface area contributed by atoms with Crippen molar-refractivity contribution in [3.63, 3.8) is 0 Å². The van der Waals surface area contributed by atoms with Crippen molar-refractivity contribution in [2.24, 2.45) is 17.8 Å². The fraction of sp³-hybridized carbons (Fsp3) is 0.448. The number of nitrogens with zero attached hydrogens (tertiary/aromatic N) is 1. The zero-order chi connectivity index (χ0) is 24.8. The van der Waals surface area contributed by atoms with Crippen LogP contribution in [0.2, 0.25) is 0 Å². The highest BCUT2D eigenvalue weighted by Crippen LogP contribution is 2.33. The lowest BCUT2D eigenvalue weighted by atomic mass is 9.76. The maximum Gasteiger partial charge on any atom is 0.326 e. The predicted molar refractivity (Wildman–Crippen MR) is 137 cm³/mol. The second-order valence-corrected chi connectivity index (χ2v) is 10.0. The Hall–Kier alpha value is -3.28. The van der Waals surface area contributed by atoms with Crippen molar-refractivity contribution in [2.75, 3.05) is 6.61 Å². The van der Waals surface area contributed by atoms with E-state index in [1.807, 2.05) is 36.4 Å². The molecule has 1 fully saturated rings. The third-order valence-electron chi connectivity index (χ3n) is 7.34. The van der Waals surface area contributed by atoms with E-state index in [2.05, 4.69) is 48.1 Å². The highest BCUT2D eigenvalue weighted by atomic mass is 16.5. The summed E-state index contributed by atoms with van der Waals surface area (Å²) in [5, 5.41) is 13.7. The van der Waals surface area contributed by atoms with Crippen LogP contribution in [-0.4, -0.2) is 34.2 Å². The molecule has 1 aromatic heterocycles. The minimum absolute atomic E-state index is 0.0833. The number of rotatable bonds is 10. The normalized spacial score (nSPS) is 18.9. The van der Waals surface area contributed by atoms with E-state index in [1.54, 1.807) is 0 Å². The van der Waals surface area contributed by atoms with Gasteiger partial charge in [-0.05, 0) is 72.7 Å². The van der Waals surface area contributed by atoms with E-state index in [9.17, 15) is 14.7 Å². The second-order valence-electron chi connectivity index (χ2n) is 10.0. The number of carbonyl (C=O) groups excluding carboxylic acids is 1. The van der Waals surface area contributed by atoms with Gasteiger partial charge in [0.1, 0.15) is 18.4 Å². The van der Waals surface area contributed by atoms with Gasteiger partial charge in [-0.3, -0.25) is 4.79 Å². The summed E-state index contributed by atoms with van der Waals surface area (Å²) in [6.07, 6.45) is 6.06. The monoisotopic (exact) mass is 476 g/mol. The first kappa shape index (κ1) is 24.8. The number of ether oxygens (including phenoxy) is 1. The quantitative estimate of drug-likeness (QED) is 0.416. The molecule has 4 rings (SSSR count). The third-order valence-corrected chi connectivity index (χ3v) is 7.34. The Kier molecular flexibility index (Phi) is 8.11. The van der Waals surface area contributed by atoms with Gasteiger partial charge in [-0.25, -0.2) is 4.79 Å².